The number of pyridine rings is 1. The van der Waals surface area contributed by atoms with Crippen LogP contribution in [0.2, 0.25) is 0 Å². The zero-order valence-corrected chi connectivity index (χ0v) is 26.6. The second-order valence-corrected chi connectivity index (χ2v) is 13.8. The Kier molecular flexibility index (Phi) is 9.71. The molecule has 2 N–H and O–H groups in total. The highest BCUT2D eigenvalue weighted by atomic mass is 16.3. The van der Waals surface area contributed by atoms with E-state index in [1.165, 1.54) is 32.8 Å². The van der Waals surface area contributed by atoms with Crippen LogP contribution < -0.4 is 5.56 Å². The molecule has 41 heavy (non-hydrogen) atoms. The standard InChI is InChI=1S/C14H16.C13H17N.C10H15NO2/c1-14(2,3)13-9-8-11-6-4-5-7-12(11)10-13;1-13(2,3)11-9-14(4)12-8-6-5-7-10(11)12;1-10(2,3)8-7(6-12)4-5-11-9(8)13/h4-10H,1-3H3;5-9H,1-4H3;4-5,12H,6H2,1-3H3,(H,11,13). The fourth-order valence-corrected chi connectivity index (χ4v) is 5.07. The summed E-state index contributed by atoms with van der Waals surface area (Å²) in [5.41, 5.74) is 5.63. The van der Waals surface area contributed by atoms with Gasteiger partial charge in [-0.3, -0.25) is 4.79 Å². The van der Waals surface area contributed by atoms with Gasteiger partial charge in [-0.25, -0.2) is 0 Å². The molecule has 3 aromatic carbocycles. The van der Waals surface area contributed by atoms with Crippen molar-refractivity contribution < 1.29 is 5.11 Å². The first kappa shape index (κ1) is 31.9. The van der Waals surface area contributed by atoms with E-state index in [1.54, 1.807) is 12.3 Å². The summed E-state index contributed by atoms with van der Waals surface area (Å²) in [5, 5.41) is 13.1. The Bertz CT molecular complexity index is 1650. The van der Waals surface area contributed by atoms with E-state index < -0.39 is 0 Å². The number of aliphatic hydroxyl groups is 1. The van der Waals surface area contributed by atoms with Crippen LogP contribution in [0.15, 0.2) is 90.0 Å². The number of hydrogen-bond donors (Lipinski definition) is 2. The average Bonchev–Trinajstić information content (AvgIpc) is 3.25. The molecule has 218 valence electrons. The average molecular weight is 553 g/mol. The number of fused-ring (bicyclic) bond motifs is 2. The molecule has 0 fully saturated rings. The second-order valence-electron chi connectivity index (χ2n) is 13.8. The van der Waals surface area contributed by atoms with E-state index >= 15 is 0 Å². The molecule has 0 bridgehead atoms. The molecule has 5 rings (SSSR count). The van der Waals surface area contributed by atoms with Gasteiger partial charge >= 0.3 is 0 Å². The lowest BCUT2D eigenvalue weighted by atomic mass is 9.85. The number of nitrogens with zero attached hydrogens (tertiary/aromatic N) is 1. The number of aryl methyl sites for hydroxylation is 1. The zero-order chi connectivity index (χ0) is 30.6. The van der Waals surface area contributed by atoms with Crippen molar-refractivity contribution in [3.63, 3.8) is 0 Å². The van der Waals surface area contributed by atoms with Gasteiger partial charge in [0.15, 0.2) is 0 Å². The van der Waals surface area contributed by atoms with Crippen LogP contribution in [0.4, 0.5) is 0 Å². The summed E-state index contributed by atoms with van der Waals surface area (Å²) in [6.07, 6.45) is 3.80. The topological polar surface area (TPSA) is 58.0 Å². The third-order valence-electron chi connectivity index (χ3n) is 7.29. The predicted molar refractivity (Wildman–Crippen MR) is 176 cm³/mol. The lowest BCUT2D eigenvalue weighted by Gasteiger charge is -2.20. The highest BCUT2D eigenvalue weighted by Crippen LogP contribution is 2.31. The Hall–Kier alpha value is -3.63. The van der Waals surface area contributed by atoms with Crippen molar-refractivity contribution >= 4 is 21.7 Å². The molecule has 0 radical (unpaired) electrons. The van der Waals surface area contributed by atoms with Gasteiger partial charge in [0.1, 0.15) is 0 Å². The molecule has 0 amide bonds. The number of aromatic amines is 1. The summed E-state index contributed by atoms with van der Waals surface area (Å²) in [5.74, 6) is 0. The minimum atomic E-state index is -0.229. The van der Waals surface area contributed by atoms with Gasteiger partial charge in [0.05, 0.1) is 6.61 Å². The van der Waals surface area contributed by atoms with E-state index in [0.29, 0.717) is 11.1 Å². The van der Waals surface area contributed by atoms with Crippen LogP contribution in [0.1, 0.15) is 84.6 Å². The van der Waals surface area contributed by atoms with Gasteiger partial charge in [-0.15, -0.1) is 0 Å². The third kappa shape index (κ3) is 7.98. The number of benzene rings is 3. The lowest BCUT2D eigenvalue weighted by molar-refractivity contribution is 0.278. The van der Waals surface area contributed by atoms with Crippen LogP contribution in [0, 0.1) is 0 Å². The van der Waals surface area contributed by atoms with Crippen LogP contribution in [0.5, 0.6) is 0 Å². The zero-order valence-electron chi connectivity index (χ0n) is 26.6. The molecule has 0 spiro atoms. The summed E-state index contributed by atoms with van der Waals surface area (Å²) in [4.78, 5) is 14.1. The molecule has 0 atom stereocenters. The van der Waals surface area contributed by atoms with Crippen LogP contribution >= 0.6 is 0 Å². The SMILES string of the molecule is CC(C)(C)c1c(CO)cc[nH]c1=O.CC(C)(C)c1ccc2ccccc2c1.Cn1cc(C(C)(C)C)c2ccccc21. The van der Waals surface area contributed by atoms with Crippen molar-refractivity contribution in [2.24, 2.45) is 7.05 Å². The van der Waals surface area contributed by atoms with Crippen LogP contribution in [0.25, 0.3) is 21.7 Å². The molecular formula is C37H48N2O2. The smallest absolute Gasteiger partial charge is 0.252 e. The van der Waals surface area contributed by atoms with Gasteiger partial charge < -0.3 is 14.7 Å². The number of nitrogens with one attached hydrogen (secondary N) is 1. The van der Waals surface area contributed by atoms with Gasteiger partial charge in [0.2, 0.25) is 0 Å². The molecule has 5 aromatic rings. The third-order valence-corrected chi connectivity index (χ3v) is 7.29. The summed E-state index contributed by atoms with van der Waals surface area (Å²) in [7, 11) is 2.11. The normalized spacial score (nSPS) is 12.0. The van der Waals surface area contributed by atoms with Crippen molar-refractivity contribution in [2.75, 3.05) is 0 Å². The van der Waals surface area contributed by atoms with E-state index in [1.807, 2.05) is 20.8 Å². The van der Waals surface area contributed by atoms with Crippen molar-refractivity contribution in [1.82, 2.24) is 9.55 Å². The Morgan fingerprint density at radius 2 is 1.34 bits per heavy atom. The molecule has 2 heterocycles. The first-order valence-electron chi connectivity index (χ1n) is 14.4. The maximum absolute atomic E-state index is 11.5. The van der Waals surface area contributed by atoms with E-state index in [0.717, 1.165) is 0 Å². The molecule has 0 unspecified atom stereocenters. The van der Waals surface area contributed by atoms with E-state index in [2.05, 4.69) is 131 Å². The monoisotopic (exact) mass is 552 g/mol. The molecule has 2 aromatic heterocycles. The number of para-hydroxylation sites is 1. The minimum Gasteiger partial charge on any atom is -0.392 e. The first-order chi connectivity index (χ1) is 19.0. The first-order valence-corrected chi connectivity index (χ1v) is 14.4. The van der Waals surface area contributed by atoms with Crippen molar-refractivity contribution in [3.05, 3.63) is 118 Å². The van der Waals surface area contributed by atoms with Gasteiger partial charge in [0, 0.05) is 35.9 Å². The highest BCUT2D eigenvalue weighted by Gasteiger charge is 2.21. The molecule has 0 aliphatic rings. The number of aliphatic hydroxyl groups excluding tert-OH is 1. The maximum atomic E-state index is 11.5. The Balaban J connectivity index is 0.000000169. The van der Waals surface area contributed by atoms with Gasteiger partial charge in [-0.05, 0) is 55.8 Å². The minimum absolute atomic E-state index is 0.0868. The summed E-state index contributed by atoms with van der Waals surface area (Å²) in [6.45, 7) is 19.3. The molecule has 0 aliphatic carbocycles. The predicted octanol–water partition coefficient (Wildman–Crippen LogP) is 8.78. The molecule has 0 saturated carbocycles. The fourth-order valence-electron chi connectivity index (χ4n) is 5.07. The largest absolute Gasteiger partial charge is 0.392 e. The van der Waals surface area contributed by atoms with Crippen LogP contribution in [-0.4, -0.2) is 14.7 Å². The summed E-state index contributed by atoms with van der Waals surface area (Å²) in [6, 6.07) is 25.5. The summed E-state index contributed by atoms with van der Waals surface area (Å²) >= 11 is 0. The second kappa shape index (κ2) is 12.5. The quantitative estimate of drug-likeness (QED) is 0.218. The van der Waals surface area contributed by atoms with Crippen molar-refractivity contribution in [1.29, 1.82) is 0 Å². The molecule has 4 heteroatoms. The molecule has 0 aliphatic heterocycles. The fraction of sp³-hybridized carbons (Fsp3) is 0.378. The van der Waals surface area contributed by atoms with Gasteiger partial charge in [-0.1, -0.05) is 123 Å². The van der Waals surface area contributed by atoms with Crippen molar-refractivity contribution in [2.45, 2.75) is 85.2 Å². The van der Waals surface area contributed by atoms with Gasteiger partial charge in [-0.2, -0.15) is 0 Å². The van der Waals surface area contributed by atoms with Crippen molar-refractivity contribution in [3.8, 4) is 0 Å². The van der Waals surface area contributed by atoms with E-state index in [4.69, 9.17) is 5.11 Å². The molecule has 4 nitrogen and oxygen atoms in total. The lowest BCUT2D eigenvalue weighted by Crippen LogP contribution is -2.26. The number of aromatic nitrogens is 2. The molecule has 0 saturated heterocycles. The van der Waals surface area contributed by atoms with Crippen LogP contribution in [0.3, 0.4) is 0 Å². The number of H-pyrrole nitrogens is 1. The maximum Gasteiger partial charge on any atom is 0.252 e. The Morgan fingerprint density at radius 1 is 0.732 bits per heavy atom. The van der Waals surface area contributed by atoms with Crippen LogP contribution in [-0.2, 0) is 29.9 Å². The number of rotatable bonds is 1. The number of hydrogen-bond acceptors (Lipinski definition) is 2. The van der Waals surface area contributed by atoms with E-state index in [-0.39, 0.29) is 28.4 Å². The Labute approximate surface area is 246 Å². The molecular weight excluding hydrogens is 504 g/mol. The summed E-state index contributed by atoms with van der Waals surface area (Å²) < 4.78 is 2.20. The Morgan fingerprint density at radius 3 is 1.90 bits per heavy atom. The van der Waals surface area contributed by atoms with Gasteiger partial charge in [0.25, 0.3) is 5.56 Å². The van der Waals surface area contributed by atoms with E-state index in [9.17, 15) is 4.79 Å². The highest BCUT2D eigenvalue weighted by molar-refractivity contribution is 5.85.